The highest BCUT2D eigenvalue weighted by molar-refractivity contribution is 6.36. The topological polar surface area (TPSA) is 74.7 Å². The highest BCUT2D eigenvalue weighted by Crippen LogP contribution is 2.31. The van der Waals surface area contributed by atoms with Gasteiger partial charge in [-0.1, -0.05) is 11.6 Å². The van der Waals surface area contributed by atoms with Crippen LogP contribution in [0.15, 0.2) is 18.3 Å². The number of nitriles is 1. The Kier molecular flexibility index (Phi) is 2.60. The summed E-state index contributed by atoms with van der Waals surface area (Å²) in [5.41, 5.74) is 3.32. The lowest BCUT2D eigenvalue weighted by molar-refractivity contribution is 0.629. The predicted octanol–water partition coefficient (Wildman–Crippen LogP) is 2.18. The van der Waals surface area contributed by atoms with Gasteiger partial charge in [-0.25, -0.2) is 4.39 Å². The fourth-order valence-corrected chi connectivity index (χ4v) is 1.77. The summed E-state index contributed by atoms with van der Waals surface area (Å²) in [6.07, 6.45) is 1.31. The molecular formula is C10H6ClFN4. The van der Waals surface area contributed by atoms with Gasteiger partial charge in [0, 0.05) is 17.6 Å². The van der Waals surface area contributed by atoms with Crippen LogP contribution in [0.1, 0.15) is 5.56 Å². The first-order valence-corrected chi connectivity index (χ1v) is 4.69. The first-order chi connectivity index (χ1) is 7.67. The number of aromatic nitrogens is 1. The van der Waals surface area contributed by atoms with Crippen molar-refractivity contribution in [2.45, 2.75) is 0 Å². The minimum atomic E-state index is -0.488. The summed E-state index contributed by atoms with van der Waals surface area (Å²) >= 11 is 5.89. The monoisotopic (exact) mass is 236 g/mol. The summed E-state index contributed by atoms with van der Waals surface area (Å²) in [5.74, 6) is 4.83. The van der Waals surface area contributed by atoms with Gasteiger partial charge in [-0.15, -0.1) is 0 Å². The van der Waals surface area contributed by atoms with Gasteiger partial charge in [0.05, 0.1) is 21.8 Å². The number of anilines is 1. The van der Waals surface area contributed by atoms with E-state index in [0.717, 1.165) is 6.07 Å². The molecule has 0 fully saturated rings. The van der Waals surface area contributed by atoms with Crippen LogP contribution < -0.4 is 11.3 Å². The number of nitrogens with one attached hydrogen (secondary N) is 1. The molecule has 0 aliphatic heterocycles. The maximum Gasteiger partial charge on any atom is 0.126 e. The van der Waals surface area contributed by atoms with Crippen LogP contribution >= 0.6 is 11.6 Å². The zero-order valence-electron chi connectivity index (χ0n) is 7.96. The van der Waals surface area contributed by atoms with Crippen molar-refractivity contribution in [2.75, 3.05) is 5.43 Å². The van der Waals surface area contributed by atoms with Gasteiger partial charge < -0.3 is 5.43 Å². The van der Waals surface area contributed by atoms with Crippen molar-refractivity contribution in [3.8, 4) is 6.07 Å². The van der Waals surface area contributed by atoms with Crippen LogP contribution in [0, 0.1) is 17.1 Å². The van der Waals surface area contributed by atoms with Crippen LogP contribution in [-0.4, -0.2) is 4.98 Å². The number of rotatable bonds is 1. The van der Waals surface area contributed by atoms with Gasteiger partial charge in [0.2, 0.25) is 0 Å². The SMILES string of the molecule is N#Cc1cnc2cc(F)cc(Cl)c2c1NN. The van der Waals surface area contributed by atoms with E-state index in [0.29, 0.717) is 16.6 Å². The number of pyridine rings is 1. The third-order valence-electron chi connectivity index (χ3n) is 2.15. The van der Waals surface area contributed by atoms with Gasteiger partial charge in [-0.3, -0.25) is 10.8 Å². The number of hydrazine groups is 1. The summed E-state index contributed by atoms with van der Waals surface area (Å²) < 4.78 is 13.1. The Morgan fingerprint density at radius 1 is 1.50 bits per heavy atom. The Labute approximate surface area is 95.4 Å². The van der Waals surface area contributed by atoms with Crippen molar-refractivity contribution >= 4 is 28.2 Å². The Morgan fingerprint density at radius 3 is 2.88 bits per heavy atom. The fourth-order valence-electron chi connectivity index (χ4n) is 1.48. The van der Waals surface area contributed by atoms with Crippen LogP contribution in [0.5, 0.6) is 0 Å². The summed E-state index contributed by atoms with van der Waals surface area (Å²) in [7, 11) is 0. The van der Waals surface area contributed by atoms with Crippen molar-refractivity contribution in [1.29, 1.82) is 5.26 Å². The van der Waals surface area contributed by atoms with E-state index in [1.165, 1.54) is 12.3 Å². The van der Waals surface area contributed by atoms with E-state index in [4.69, 9.17) is 22.7 Å². The van der Waals surface area contributed by atoms with Crippen molar-refractivity contribution in [3.63, 3.8) is 0 Å². The maximum absolute atomic E-state index is 13.1. The quantitative estimate of drug-likeness (QED) is 0.588. The maximum atomic E-state index is 13.1. The van der Waals surface area contributed by atoms with Crippen LogP contribution in [0.3, 0.4) is 0 Å². The van der Waals surface area contributed by atoms with Crippen molar-refractivity contribution in [1.82, 2.24) is 4.98 Å². The highest BCUT2D eigenvalue weighted by Gasteiger charge is 2.12. The molecule has 1 heterocycles. The molecule has 0 spiro atoms. The van der Waals surface area contributed by atoms with Crippen molar-refractivity contribution in [2.24, 2.45) is 5.84 Å². The second kappa shape index (κ2) is 3.93. The van der Waals surface area contributed by atoms with Crippen LogP contribution in [0.25, 0.3) is 10.9 Å². The number of hydrogen-bond acceptors (Lipinski definition) is 4. The van der Waals surface area contributed by atoms with E-state index < -0.39 is 5.82 Å². The van der Waals surface area contributed by atoms with Crippen molar-refractivity contribution < 1.29 is 4.39 Å². The third-order valence-corrected chi connectivity index (χ3v) is 2.45. The Morgan fingerprint density at radius 2 is 2.25 bits per heavy atom. The Hall–Kier alpha value is -1.90. The van der Waals surface area contributed by atoms with Gasteiger partial charge >= 0.3 is 0 Å². The molecule has 0 amide bonds. The fraction of sp³-hybridized carbons (Fsp3) is 0. The number of nitrogens with two attached hydrogens (primary N) is 1. The lowest BCUT2D eigenvalue weighted by atomic mass is 10.1. The number of fused-ring (bicyclic) bond motifs is 1. The van der Waals surface area contributed by atoms with E-state index in [9.17, 15) is 4.39 Å². The summed E-state index contributed by atoms with van der Waals surface area (Å²) in [5, 5.41) is 9.45. The van der Waals surface area contributed by atoms with Crippen LogP contribution in [0.4, 0.5) is 10.1 Å². The molecule has 0 bridgehead atoms. The van der Waals surface area contributed by atoms with Crippen LogP contribution in [-0.2, 0) is 0 Å². The molecule has 1 aromatic carbocycles. The second-order valence-corrected chi connectivity index (χ2v) is 3.49. The average molecular weight is 237 g/mol. The number of nitrogens with zero attached hydrogens (tertiary/aromatic N) is 2. The minimum absolute atomic E-state index is 0.160. The first kappa shape index (κ1) is 10.6. The smallest absolute Gasteiger partial charge is 0.126 e. The zero-order chi connectivity index (χ0) is 11.7. The lowest BCUT2D eigenvalue weighted by Gasteiger charge is -2.08. The average Bonchev–Trinajstić information content (AvgIpc) is 2.27. The first-order valence-electron chi connectivity index (χ1n) is 4.32. The predicted molar refractivity (Wildman–Crippen MR) is 59.2 cm³/mol. The van der Waals surface area contributed by atoms with Gasteiger partial charge in [0.15, 0.2) is 0 Å². The van der Waals surface area contributed by atoms with E-state index in [1.807, 2.05) is 6.07 Å². The second-order valence-electron chi connectivity index (χ2n) is 3.08. The van der Waals surface area contributed by atoms with Crippen LogP contribution in [0.2, 0.25) is 5.02 Å². The molecule has 80 valence electrons. The molecule has 0 atom stereocenters. The number of hydrogen-bond donors (Lipinski definition) is 2. The zero-order valence-corrected chi connectivity index (χ0v) is 8.72. The van der Waals surface area contributed by atoms with E-state index in [-0.39, 0.29) is 10.6 Å². The summed E-state index contributed by atoms with van der Waals surface area (Å²) in [4.78, 5) is 3.94. The molecule has 0 saturated heterocycles. The Balaban J connectivity index is 2.93. The largest absolute Gasteiger partial charge is 0.322 e. The summed E-state index contributed by atoms with van der Waals surface area (Å²) in [6.45, 7) is 0. The standard InChI is InChI=1S/C10H6ClFN4/c11-7-1-6(12)2-8-9(7)10(16-14)5(3-13)4-15-8/h1-2,4H,14H2,(H,15,16). The normalized spacial score (nSPS) is 10.1. The molecular weight excluding hydrogens is 231 g/mol. The molecule has 4 nitrogen and oxygen atoms in total. The van der Waals surface area contributed by atoms with E-state index in [1.54, 1.807) is 0 Å². The number of halogens is 2. The molecule has 0 aliphatic rings. The van der Waals surface area contributed by atoms with E-state index >= 15 is 0 Å². The Bertz CT molecular complexity index is 606. The van der Waals surface area contributed by atoms with E-state index in [2.05, 4.69) is 10.4 Å². The molecule has 2 rings (SSSR count). The lowest BCUT2D eigenvalue weighted by Crippen LogP contribution is -2.09. The van der Waals surface area contributed by atoms with Gasteiger partial charge in [-0.05, 0) is 6.07 Å². The summed E-state index contributed by atoms with van der Waals surface area (Å²) in [6, 6.07) is 4.29. The van der Waals surface area contributed by atoms with Gasteiger partial charge in [-0.2, -0.15) is 5.26 Å². The van der Waals surface area contributed by atoms with Gasteiger partial charge in [0.25, 0.3) is 0 Å². The molecule has 2 aromatic rings. The molecule has 16 heavy (non-hydrogen) atoms. The number of nitrogen functional groups attached to an aromatic ring is 1. The number of benzene rings is 1. The molecule has 0 saturated carbocycles. The molecule has 0 unspecified atom stereocenters. The molecule has 6 heteroatoms. The molecule has 1 aromatic heterocycles. The third kappa shape index (κ3) is 1.54. The minimum Gasteiger partial charge on any atom is -0.322 e. The molecule has 0 radical (unpaired) electrons. The van der Waals surface area contributed by atoms with Gasteiger partial charge in [0.1, 0.15) is 11.9 Å². The highest BCUT2D eigenvalue weighted by atomic mass is 35.5. The van der Waals surface area contributed by atoms with Crippen molar-refractivity contribution in [3.05, 3.63) is 34.7 Å². The molecule has 3 N–H and O–H groups in total. The molecule has 0 aliphatic carbocycles.